The van der Waals surface area contributed by atoms with Crippen LogP contribution in [-0.2, 0) is 9.63 Å². The fourth-order valence-electron chi connectivity index (χ4n) is 4.91. The van der Waals surface area contributed by atoms with Gasteiger partial charge in [0.15, 0.2) is 0 Å². The zero-order chi connectivity index (χ0) is 29.5. The number of nitrogens with zero attached hydrogens (tertiary/aromatic N) is 4. The van der Waals surface area contributed by atoms with E-state index < -0.39 is 0 Å². The predicted molar refractivity (Wildman–Crippen MR) is 164 cm³/mol. The van der Waals surface area contributed by atoms with Crippen LogP contribution in [0.3, 0.4) is 0 Å². The third-order valence-corrected chi connectivity index (χ3v) is 7.90. The number of carbonyl (C=O) groups excluding carboxylic acids is 1. The molecule has 0 aliphatic carbocycles. The second-order valence-corrected chi connectivity index (χ2v) is 10.3. The summed E-state index contributed by atoms with van der Waals surface area (Å²) in [6.45, 7) is 10.6. The number of amides is 1. The number of hydrazine groups is 1. The van der Waals surface area contributed by atoms with Crippen LogP contribution in [0, 0.1) is 0 Å². The Kier molecular flexibility index (Phi) is 10.4. The summed E-state index contributed by atoms with van der Waals surface area (Å²) in [5, 5.41) is 5.40. The second-order valence-electron chi connectivity index (χ2n) is 9.47. The molecule has 2 saturated heterocycles. The molecule has 2 aliphatic rings. The maximum Gasteiger partial charge on any atom is 0.247 e. The monoisotopic (exact) mass is 602 g/mol. The molecule has 2 heterocycles. The van der Waals surface area contributed by atoms with Crippen LogP contribution in [0.15, 0.2) is 59.9 Å². The number of hydroxylamine groups is 2. The molecule has 6 N–H and O–H groups in total. The van der Waals surface area contributed by atoms with Crippen molar-refractivity contribution in [2.45, 2.75) is 19.4 Å². The van der Waals surface area contributed by atoms with E-state index in [2.05, 4.69) is 39.0 Å². The molecule has 0 spiro atoms. The number of likely N-dealkylation sites (N-methyl/N-ethyl adjacent to an activating group) is 1. The van der Waals surface area contributed by atoms with Crippen molar-refractivity contribution in [3.8, 4) is 5.75 Å². The Morgan fingerprint density at radius 3 is 2.68 bits per heavy atom. The van der Waals surface area contributed by atoms with Crippen molar-refractivity contribution in [3.05, 3.63) is 70.5 Å². The summed E-state index contributed by atoms with van der Waals surface area (Å²) < 4.78 is 5.68. The minimum absolute atomic E-state index is 0.119. The molecule has 2 aromatic carbocycles. The van der Waals surface area contributed by atoms with Gasteiger partial charge in [0.05, 0.1) is 41.2 Å². The van der Waals surface area contributed by atoms with Gasteiger partial charge in [0.2, 0.25) is 5.91 Å². The van der Waals surface area contributed by atoms with Gasteiger partial charge in [-0.25, -0.2) is 15.9 Å². The van der Waals surface area contributed by atoms with Crippen LogP contribution in [0.4, 0.5) is 17.1 Å². The van der Waals surface area contributed by atoms with Gasteiger partial charge in [-0.2, -0.15) is 0 Å². The van der Waals surface area contributed by atoms with Gasteiger partial charge < -0.3 is 31.0 Å². The number of aliphatic imine (C=N–C) groups is 1. The largest absolute Gasteiger partial charge is 0.494 e. The first-order valence-corrected chi connectivity index (χ1v) is 14.1. The van der Waals surface area contributed by atoms with Gasteiger partial charge in [0, 0.05) is 44.7 Å². The Hall–Kier alpha value is -3.48. The Balaban J connectivity index is 1.67. The lowest BCUT2D eigenvalue weighted by Gasteiger charge is -2.36. The van der Waals surface area contributed by atoms with E-state index in [9.17, 15) is 4.79 Å². The fourth-order valence-corrected chi connectivity index (χ4v) is 5.34. The lowest BCUT2D eigenvalue weighted by atomic mass is 10.0. The van der Waals surface area contributed by atoms with Gasteiger partial charge in [-0.05, 0) is 30.3 Å². The molecule has 11 nitrogen and oxygen atoms in total. The molecule has 2 fully saturated rings. The molecule has 220 valence electrons. The van der Waals surface area contributed by atoms with Gasteiger partial charge >= 0.3 is 0 Å². The summed E-state index contributed by atoms with van der Waals surface area (Å²) in [5.41, 5.74) is 11.6. The van der Waals surface area contributed by atoms with Crippen molar-refractivity contribution in [3.63, 3.8) is 0 Å². The number of hydrogen-bond acceptors (Lipinski definition) is 9. The Bertz CT molecular complexity index is 1330. The number of rotatable bonds is 10. The van der Waals surface area contributed by atoms with Gasteiger partial charge in [-0.15, -0.1) is 0 Å². The standard InChI is InChI=1S/C28H36Cl2N8O3/c1-4-27(39)34-20-15-21(24(40-3)16-23(20)37-12-10-36(5-2)11-13-37)33-25(31)17-26(35-32)38-22(9-14-41-38)18-7-6-8-19(29)28(18)30/h4,6-8,15-17,22,35H,1,5,9-14,32H2,2-3H3,(H2,31,33)(H,34,39)/b26-17+/t22-/m1/s1. The maximum atomic E-state index is 12.3. The molecule has 0 saturated carbocycles. The Morgan fingerprint density at radius 2 is 2.02 bits per heavy atom. The number of piperazine rings is 1. The van der Waals surface area contributed by atoms with E-state index >= 15 is 0 Å². The van der Waals surface area contributed by atoms with Crippen molar-refractivity contribution in [2.75, 3.05) is 56.7 Å². The van der Waals surface area contributed by atoms with Crippen LogP contribution in [-0.4, -0.2) is 68.1 Å². The summed E-state index contributed by atoms with van der Waals surface area (Å²) >= 11 is 12.7. The third kappa shape index (κ3) is 7.06. The number of benzene rings is 2. The minimum atomic E-state index is -0.335. The number of hydrogen-bond donors (Lipinski definition) is 4. The average Bonchev–Trinajstić information content (AvgIpc) is 3.47. The van der Waals surface area contributed by atoms with Crippen molar-refractivity contribution in [1.82, 2.24) is 15.4 Å². The summed E-state index contributed by atoms with van der Waals surface area (Å²) in [6, 6.07) is 8.79. The summed E-state index contributed by atoms with van der Waals surface area (Å²) in [4.78, 5) is 27.3. The SMILES string of the molecule is C=CC(=O)Nc1cc(N=C(N)/C=C(\NN)N2OCC[C@@H]2c2cccc(Cl)c2Cl)c(OC)cc1N1CCN(CC)CC1. The average molecular weight is 604 g/mol. The van der Waals surface area contributed by atoms with Crippen LogP contribution in [0.5, 0.6) is 5.75 Å². The number of amidine groups is 1. The number of ether oxygens (including phenoxy) is 1. The second kappa shape index (κ2) is 13.9. The highest BCUT2D eigenvalue weighted by molar-refractivity contribution is 6.42. The molecular weight excluding hydrogens is 567 g/mol. The summed E-state index contributed by atoms with van der Waals surface area (Å²) in [5.74, 6) is 6.52. The first-order valence-electron chi connectivity index (χ1n) is 13.3. The zero-order valence-electron chi connectivity index (χ0n) is 23.2. The van der Waals surface area contributed by atoms with Crippen LogP contribution < -0.4 is 32.0 Å². The van der Waals surface area contributed by atoms with Gasteiger partial charge in [0.1, 0.15) is 23.1 Å². The third-order valence-electron chi connectivity index (χ3n) is 7.07. The van der Waals surface area contributed by atoms with E-state index in [1.165, 1.54) is 6.08 Å². The molecule has 0 aromatic heterocycles. The summed E-state index contributed by atoms with van der Waals surface area (Å²) in [6.07, 6.45) is 3.43. The van der Waals surface area contributed by atoms with E-state index in [-0.39, 0.29) is 17.8 Å². The Labute approximate surface area is 250 Å². The molecule has 0 radical (unpaired) electrons. The molecule has 0 bridgehead atoms. The number of anilines is 2. The van der Waals surface area contributed by atoms with E-state index in [0.29, 0.717) is 46.0 Å². The summed E-state index contributed by atoms with van der Waals surface area (Å²) in [7, 11) is 1.56. The van der Waals surface area contributed by atoms with Crippen molar-refractivity contribution >= 4 is 52.0 Å². The van der Waals surface area contributed by atoms with Gasteiger partial charge in [-0.3, -0.25) is 9.63 Å². The Morgan fingerprint density at radius 1 is 1.27 bits per heavy atom. The highest BCUT2D eigenvalue weighted by atomic mass is 35.5. The highest BCUT2D eigenvalue weighted by Crippen LogP contribution is 2.40. The van der Waals surface area contributed by atoms with Crippen molar-refractivity contribution in [1.29, 1.82) is 0 Å². The highest BCUT2D eigenvalue weighted by Gasteiger charge is 2.31. The molecule has 13 heteroatoms. The number of halogens is 2. The minimum Gasteiger partial charge on any atom is -0.494 e. The molecule has 4 rings (SSSR count). The smallest absolute Gasteiger partial charge is 0.247 e. The predicted octanol–water partition coefficient (Wildman–Crippen LogP) is 3.94. The molecular formula is C28H36Cl2N8O3. The number of carbonyl (C=O) groups is 1. The van der Waals surface area contributed by atoms with Gasteiger partial charge in [-0.1, -0.05) is 48.8 Å². The van der Waals surface area contributed by atoms with Crippen LogP contribution >= 0.6 is 23.2 Å². The number of nitrogens with two attached hydrogens (primary N) is 2. The number of nitrogens with one attached hydrogen (secondary N) is 2. The normalized spacial score (nSPS) is 18.4. The van der Waals surface area contributed by atoms with E-state index in [0.717, 1.165) is 44.0 Å². The fraction of sp³-hybridized carbons (Fsp3) is 0.357. The van der Waals surface area contributed by atoms with Crippen LogP contribution in [0.2, 0.25) is 10.0 Å². The molecule has 2 aromatic rings. The first kappa shape index (κ1) is 30.5. The first-order chi connectivity index (χ1) is 19.8. The van der Waals surface area contributed by atoms with E-state index in [1.807, 2.05) is 18.2 Å². The molecule has 2 aliphatic heterocycles. The lowest BCUT2D eigenvalue weighted by molar-refractivity contribution is -0.111. The van der Waals surface area contributed by atoms with E-state index in [1.54, 1.807) is 30.4 Å². The number of methoxy groups -OCH3 is 1. The van der Waals surface area contributed by atoms with E-state index in [4.69, 9.17) is 44.4 Å². The van der Waals surface area contributed by atoms with Crippen molar-refractivity contribution in [2.24, 2.45) is 16.6 Å². The quantitative estimate of drug-likeness (QED) is 0.105. The lowest BCUT2D eigenvalue weighted by Crippen LogP contribution is -2.46. The molecule has 41 heavy (non-hydrogen) atoms. The van der Waals surface area contributed by atoms with Crippen LogP contribution in [0.1, 0.15) is 24.9 Å². The topological polar surface area (TPSA) is 134 Å². The van der Waals surface area contributed by atoms with Crippen LogP contribution in [0.25, 0.3) is 0 Å². The maximum absolute atomic E-state index is 12.3. The zero-order valence-corrected chi connectivity index (χ0v) is 24.7. The van der Waals surface area contributed by atoms with Crippen molar-refractivity contribution < 1.29 is 14.4 Å². The molecule has 1 amide bonds. The molecule has 1 atom stereocenters. The van der Waals surface area contributed by atoms with Gasteiger partial charge in [0.25, 0.3) is 0 Å². The molecule has 0 unspecified atom stereocenters.